The Labute approximate surface area is 249 Å². The predicted octanol–water partition coefficient (Wildman–Crippen LogP) is 0.965. The monoisotopic (exact) mass is 606 g/mol. The van der Waals surface area contributed by atoms with E-state index in [2.05, 4.69) is 31.2 Å². The van der Waals surface area contributed by atoms with E-state index in [4.69, 9.17) is 11.5 Å². The van der Waals surface area contributed by atoms with Gasteiger partial charge in [-0.1, -0.05) is 45.9 Å². The number of benzene rings is 2. The van der Waals surface area contributed by atoms with Crippen molar-refractivity contribution >= 4 is 67.0 Å². The summed E-state index contributed by atoms with van der Waals surface area (Å²) in [5, 5.41) is 12.3. The van der Waals surface area contributed by atoms with Crippen molar-refractivity contribution in [3.63, 3.8) is 0 Å². The summed E-state index contributed by atoms with van der Waals surface area (Å²) >= 11 is 0. The first-order chi connectivity index (χ1) is 20.4. The summed E-state index contributed by atoms with van der Waals surface area (Å²) in [6, 6.07) is 15.4. The molecule has 0 saturated heterocycles. The van der Waals surface area contributed by atoms with Crippen LogP contribution in [0.3, 0.4) is 0 Å². The zero-order valence-electron chi connectivity index (χ0n) is 22.5. The van der Waals surface area contributed by atoms with Gasteiger partial charge in [-0.3, -0.25) is 29.1 Å². The van der Waals surface area contributed by atoms with Gasteiger partial charge in [-0.05, 0) is 35.4 Å². The number of carbonyl (C=O) groups is 4. The van der Waals surface area contributed by atoms with Crippen molar-refractivity contribution in [2.75, 3.05) is 26.2 Å². The number of nitrogens with one attached hydrogen (secondary N) is 4. The molecule has 2 heterocycles. The van der Waals surface area contributed by atoms with Crippen LogP contribution in [0, 0.1) is 0 Å². The van der Waals surface area contributed by atoms with Gasteiger partial charge in [0, 0.05) is 46.0 Å². The summed E-state index contributed by atoms with van der Waals surface area (Å²) in [6.45, 7) is -0.0687. The van der Waals surface area contributed by atoms with Gasteiger partial charge >= 0.3 is 0 Å². The molecule has 4 rings (SSSR count). The quantitative estimate of drug-likeness (QED) is 0.119. The topological polar surface area (TPSA) is 194 Å². The molecule has 0 saturated carbocycles. The van der Waals surface area contributed by atoms with Gasteiger partial charge in [0.25, 0.3) is 0 Å². The Hall–Kier alpha value is -4.24. The highest BCUT2D eigenvalue weighted by atomic mass is 33.1. The maximum atomic E-state index is 12.1. The lowest BCUT2D eigenvalue weighted by Gasteiger charge is -2.13. The minimum absolute atomic E-state index is 0.142. The fraction of sp³-hybridized carbons (Fsp3) is 0.214. The highest BCUT2D eigenvalue weighted by Crippen LogP contribution is 2.43. The molecular weight excluding hydrogens is 576 g/mol. The van der Waals surface area contributed by atoms with Crippen LogP contribution < -0.4 is 32.7 Å². The Morgan fingerprint density at radius 2 is 1.02 bits per heavy atom. The molecule has 0 spiro atoms. The predicted molar refractivity (Wildman–Crippen MR) is 163 cm³/mol. The number of rotatable bonds is 13. The zero-order chi connectivity index (χ0) is 29.9. The molecule has 0 unspecified atom stereocenters. The van der Waals surface area contributed by atoms with E-state index in [-0.39, 0.29) is 51.1 Å². The van der Waals surface area contributed by atoms with Crippen molar-refractivity contribution in [3.8, 4) is 0 Å². The minimum Gasteiger partial charge on any atom is -0.350 e. The number of nitrogens with two attached hydrogens (primary N) is 2. The number of carbonyl (C=O) groups excluding carboxylic acids is 4. The average molecular weight is 607 g/mol. The molecule has 2 aromatic carbocycles. The van der Waals surface area contributed by atoms with Gasteiger partial charge in [0.15, 0.2) is 0 Å². The summed E-state index contributed by atoms with van der Waals surface area (Å²) in [6.07, 6.45) is 3.45. The SMILES string of the molecule is NCC(=O)NCC(=O)NCc1ccc(SSc2ccc(CNC(=O)CNC(=O)CN)c3cccnc23)c2ncccc12. The lowest BCUT2D eigenvalue weighted by Crippen LogP contribution is -2.39. The molecule has 0 aliphatic carbocycles. The van der Waals surface area contributed by atoms with Gasteiger partial charge in [-0.2, -0.15) is 0 Å². The first-order valence-electron chi connectivity index (χ1n) is 12.9. The van der Waals surface area contributed by atoms with Crippen molar-refractivity contribution in [1.82, 2.24) is 31.2 Å². The molecular formula is C28H30N8O4S2. The van der Waals surface area contributed by atoms with E-state index in [0.29, 0.717) is 0 Å². The standard InChI is InChI=1S/C28H30N8O4S2/c29-11-23(37)35-15-25(39)33-13-17-5-7-21(27-19(17)3-1-9-31-27)41-42-22-8-6-18(20-4-2-10-32-28(20)22)14-34-26(40)16-36-24(38)12-30/h1-10H,11-16,29-30H2,(H,33,39)(H,34,40)(H,35,37)(H,36,38). The normalized spacial score (nSPS) is 10.8. The van der Waals surface area contributed by atoms with Crippen LogP contribution in [0.2, 0.25) is 0 Å². The number of hydrogen-bond acceptors (Lipinski definition) is 10. The van der Waals surface area contributed by atoms with Crippen LogP contribution in [0.1, 0.15) is 11.1 Å². The third-order valence-electron chi connectivity index (χ3n) is 6.08. The molecule has 14 heteroatoms. The van der Waals surface area contributed by atoms with Crippen LogP contribution in [-0.2, 0) is 32.3 Å². The molecule has 0 fully saturated rings. The molecule has 12 nitrogen and oxygen atoms in total. The largest absolute Gasteiger partial charge is 0.350 e. The minimum atomic E-state index is -0.395. The van der Waals surface area contributed by atoms with Crippen LogP contribution in [0.25, 0.3) is 21.8 Å². The first kappa shape index (κ1) is 30.7. The van der Waals surface area contributed by atoms with Crippen molar-refractivity contribution < 1.29 is 19.2 Å². The summed E-state index contributed by atoms with van der Waals surface area (Å²) in [7, 11) is 3.10. The van der Waals surface area contributed by atoms with Crippen LogP contribution in [-0.4, -0.2) is 59.8 Å². The molecule has 0 aliphatic heterocycles. The van der Waals surface area contributed by atoms with Gasteiger partial charge in [0.05, 0.1) is 37.2 Å². The fourth-order valence-corrected chi connectivity index (χ4v) is 6.21. The molecule has 218 valence electrons. The molecule has 4 amide bonds. The van der Waals surface area contributed by atoms with Crippen LogP contribution in [0.4, 0.5) is 0 Å². The van der Waals surface area contributed by atoms with Gasteiger partial charge in [0.2, 0.25) is 23.6 Å². The maximum absolute atomic E-state index is 12.1. The molecule has 0 radical (unpaired) electrons. The van der Waals surface area contributed by atoms with E-state index in [1.165, 1.54) is 0 Å². The number of nitrogens with zero attached hydrogens (tertiary/aromatic N) is 2. The second kappa shape index (κ2) is 15.1. The van der Waals surface area contributed by atoms with E-state index in [9.17, 15) is 19.2 Å². The molecule has 0 bridgehead atoms. The third-order valence-corrected chi connectivity index (χ3v) is 8.51. The number of pyridine rings is 2. The van der Waals surface area contributed by atoms with E-state index < -0.39 is 11.8 Å². The molecule has 2 aromatic heterocycles. The van der Waals surface area contributed by atoms with Crippen LogP contribution in [0.15, 0.2) is 70.7 Å². The van der Waals surface area contributed by atoms with Gasteiger partial charge in [-0.25, -0.2) is 0 Å². The number of hydrogen-bond donors (Lipinski definition) is 6. The number of aromatic nitrogens is 2. The fourth-order valence-electron chi connectivity index (χ4n) is 3.96. The highest BCUT2D eigenvalue weighted by Gasteiger charge is 2.13. The summed E-state index contributed by atoms with van der Waals surface area (Å²) < 4.78 is 0. The second-order valence-electron chi connectivity index (χ2n) is 8.93. The van der Waals surface area contributed by atoms with E-state index in [1.54, 1.807) is 34.0 Å². The third kappa shape index (κ3) is 8.16. The highest BCUT2D eigenvalue weighted by molar-refractivity contribution is 8.76. The Morgan fingerprint density at radius 1 is 0.595 bits per heavy atom. The van der Waals surface area contributed by atoms with E-state index in [1.807, 2.05) is 48.5 Å². The van der Waals surface area contributed by atoms with Crippen molar-refractivity contribution in [2.45, 2.75) is 22.9 Å². The van der Waals surface area contributed by atoms with Crippen molar-refractivity contribution in [2.24, 2.45) is 11.5 Å². The lowest BCUT2D eigenvalue weighted by molar-refractivity contribution is -0.125. The summed E-state index contributed by atoms with van der Waals surface area (Å²) in [5.74, 6) is -1.42. The van der Waals surface area contributed by atoms with Crippen molar-refractivity contribution in [3.05, 3.63) is 72.1 Å². The molecule has 0 aliphatic rings. The molecule has 42 heavy (non-hydrogen) atoms. The molecule has 4 aromatic rings. The maximum Gasteiger partial charge on any atom is 0.239 e. The number of amides is 4. The Morgan fingerprint density at radius 3 is 1.43 bits per heavy atom. The molecule has 8 N–H and O–H groups in total. The first-order valence-corrected chi connectivity index (χ1v) is 15.1. The Bertz CT molecular complexity index is 1500. The van der Waals surface area contributed by atoms with Gasteiger partial charge in [-0.15, -0.1) is 0 Å². The Kier molecular flexibility index (Phi) is 11.1. The van der Waals surface area contributed by atoms with Crippen LogP contribution in [0.5, 0.6) is 0 Å². The molecule has 0 atom stereocenters. The second-order valence-corrected chi connectivity index (χ2v) is 11.1. The van der Waals surface area contributed by atoms with Crippen molar-refractivity contribution in [1.29, 1.82) is 0 Å². The van der Waals surface area contributed by atoms with Gasteiger partial charge < -0.3 is 32.7 Å². The van der Waals surface area contributed by atoms with E-state index in [0.717, 1.165) is 42.7 Å². The summed E-state index contributed by atoms with van der Waals surface area (Å²) in [5.41, 5.74) is 13.9. The average Bonchev–Trinajstić information content (AvgIpc) is 3.03. The Balaban J connectivity index is 1.45. The summed E-state index contributed by atoms with van der Waals surface area (Å²) in [4.78, 5) is 57.9. The lowest BCUT2D eigenvalue weighted by atomic mass is 10.1. The zero-order valence-corrected chi connectivity index (χ0v) is 24.1. The van der Waals surface area contributed by atoms with E-state index >= 15 is 0 Å². The number of fused-ring (bicyclic) bond motifs is 2. The smallest absolute Gasteiger partial charge is 0.239 e. The van der Waals surface area contributed by atoms with Crippen LogP contribution >= 0.6 is 21.6 Å². The van der Waals surface area contributed by atoms with Gasteiger partial charge in [0.1, 0.15) is 0 Å².